The van der Waals surface area contributed by atoms with Gasteiger partial charge in [-0.05, 0) is 73.6 Å². The van der Waals surface area contributed by atoms with Gasteiger partial charge in [-0.3, -0.25) is 14.7 Å². The highest BCUT2D eigenvalue weighted by atomic mass is 35.5. The number of halogens is 1. The zero-order chi connectivity index (χ0) is 24.4. The Morgan fingerprint density at radius 2 is 1.89 bits per heavy atom. The van der Waals surface area contributed by atoms with Crippen molar-refractivity contribution in [2.45, 2.75) is 52.1 Å². The minimum atomic E-state index is -0.768. The molecule has 6 heteroatoms. The Hall–Kier alpha value is -3.02. The minimum Gasteiger partial charge on any atom is -0.481 e. The van der Waals surface area contributed by atoms with Crippen LogP contribution in [0.5, 0.6) is 0 Å². The lowest BCUT2D eigenvalue weighted by atomic mass is 9.88. The molecule has 0 atom stereocenters. The van der Waals surface area contributed by atoms with Crippen molar-refractivity contribution in [2.75, 3.05) is 13.1 Å². The molecule has 0 amide bonds. The molecule has 3 heterocycles. The number of benzene rings is 1. The van der Waals surface area contributed by atoms with Crippen LogP contribution in [0.25, 0.3) is 5.57 Å². The molecular weight excluding hydrogens is 458 g/mol. The molecule has 1 N–H and O–H groups in total. The van der Waals surface area contributed by atoms with Gasteiger partial charge in [0.2, 0.25) is 0 Å². The van der Waals surface area contributed by atoms with Crippen LogP contribution in [0.2, 0.25) is 5.02 Å². The SMILES string of the molecule is Cc1cc(CN2CCC(=C3c4ccc(Cl)cc4CCc4cccnc43)CC2)c[n+](CCC(=O)O)c1. The lowest BCUT2D eigenvalue weighted by Gasteiger charge is -2.30. The van der Waals surface area contributed by atoms with Gasteiger partial charge in [-0.1, -0.05) is 29.3 Å². The molecule has 0 spiro atoms. The topological polar surface area (TPSA) is 57.3 Å². The van der Waals surface area contributed by atoms with E-state index in [0.29, 0.717) is 6.54 Å². The molecule has 3 aromatic rings. The summed E-state index contributed by atoms with van der Waals surface area (Å²) in [6.45, 7) is 5.42. The molecule has 0 unspecified atom stereocenters. The predicted molar refractivity (Wildman–Crippen MR) is 137 cm³/mol. The molecule has 1 saturated heterocycles. The highest BCUT2D eigenvalue weighted by molar-refractivity contribution is 6.30. The van der Waals surface area contributed by atoms with Crippen LogP contribution in [-0.4, -0.2) is 34.0 Å². The summed E-state index contributed by atoms with van der Waals surface area (Å²) in [6, 6.07) is 12.8. The first kappa shape index (κ1) is 23.7. The van der Waals surface area contributed by atoms with E-state index in [2.05, 4.69) is 42.3 Å². The van der Waals surface area contributed by atoms with Crippen LogP contribution in [0.4, 0.5) is 0 Å². The number of likely N-dealkylation sites (tertiary alicyclic amines) is 1. The zero-order valence-corrected chi connectivity index (χ0v) is 20.9. The number of hydrogen-bond acceptors (Lipinski definition) is 3. The first-order valence-electron chi connectivity index (χ1n) is 12.3. The van der Waals surface area contributed by atoms with Gasteiger partial charge in [0.1, 0.15) is 6.42 Å². The quantitative estimate of drug-likeness (QED) is 0.513. The number of aryl methyl sites for hydroxylation is 4. The highest BCUT2D eigenvalue weighted by Gasteiger charge is 2.25. The number of pyridine rings is 2. The Balaban J connectivity index is 1.38. The fraction of sp³-hybridized carbons (Fsp3) is 0.345. The molecule has 0 saturated carbocycles. The van der Waals surface area contributed by atoms with E-state index >= 15 is 0 Å². The molecule has 0 bridgehead atoms. The molecule has 2 aromatic heterocycles. The summed E-state index contributed by atoms with van der Waals surface area (Å²) in [5.41, 5.74) is 10.2. The number of carboxylic acid groups (broad SMARTS) is 1. The van der Waals surface area contributed by atoms with E-state index in [1.165, 1.54) is 33.4 Å². The summed E-state index contributed by atoms with van der Waals surface area (Å²) in [7, 11) is 0. The second-order valence-electron chi connectivity index (χ2n) is 9.67. The molecule has 5 rings (SSSR count). The van der Waals surface area contributed by atoms with Gasteiger partial charge < -0.3 is 5.11 Å². The molecular formula is C29H31ClN3O2+. The van der Waals surface area contributed by atoms with Crippen molar-refractivity contribution in [1.29, 1.82) is 0 Å². The van der Waals surface area contributed by atoms with Crippen LogP contribution in [0.3, 0.4) is 0 Å². The van der Waals surface area contributed by atoms with Crippen molar-refractivity contribution in [2.24, 2.45) is 0 Å². The fourth-order valence-corrected chi connectivity index (χ4v) is 5.64. The molecule has 1 aliphatic carbocycles. The Bertz CT molecular complexity index is 1290. The number of aliphatic carboxylic acids is 1. The normalized spacial score (nSPS) is 15.9. The first-order chi connectivity index (χ1) is 17.0. The lowest BCUT2D eigenvalue weighted by molar-refractivity contribution is -0.696. The second-order valence-corrected chi connectivity index (χ2v) is 10.1. The monoisotopic (exact) mass is 488 g/mol. The van der Waals surface area contributed by atoms with E-state index in [1.54, 1.807) is 0 Å². The molecule has 1 aliphatic heterocycles. The fourth-order valence-electron chi connectivity index (χ4n) is 5.44. The van der Waals surface area contributed by atoms with Gasteiger partial charge in [-0.25, -0.2) is 4.57 Å². The number of hydrogen-bond donors (Lipinski definition) is 1. The van der Waals surface area contributed by atoms with Gasteiger partial charge in [0, 0.05) is 47.6 Å². The number of fused-ring (bicyclic) bond motifs is 2. The minimum absolute atomic E-state index is 0.135. The van der Waals surface area contributed by atoms with Gasteiger partial charge in [-0.2, -0.15) is 0 Å². The standard InChI is InChI=1S/C29H30ClN3O2/c1-20-15-21(19-33(17-20)14-10-27(34)35)18-32-12-8-22(9-13-32)28-26-7-6-25(30)16-24(26)5-4-23-3-2-11-31-29(23)28/h2-3,6-7,11,15-17,19H,4-5,8-10,12-14,18H2,1H3/p+1. The van der Waals surface area contributed by atoms with Crippen LogP contribution in [0.1, 0.15) is 52.8 Å². The Kier molecular flexibility index (Phi) is 6.98. The maximum atomic E-state index is 11.0. The third-order valence-electron chi connectivity index (χ3n) is 7.05. The number of aromatic nitrogens is 2. The maximum Gasteiger partial charge on any atom is 0.309 e. The Labute approximate surface area is 211 Å². The van der Waals surface area contributed by atoms with E-state index in [1.807, 2.05) is 29.1 Å². The molecule has 1 fully saturated rings. The molecule has 2 aliphatic rings. The molecule has 0 radical (unpaired) electrons. The van der Waals surface area contributed by atoms with Gasteiger partial charge in [0.25, 0.3) is 0 Å². The summed E-state index contributed by atoms with van der Waals surface area (Å²) in [5.74, 6) is -0.768. The first-order valence-corrected chi connectivity index (χ1v) is 12.7. The number of carbonyl (C=O) groups is 1. The van der Waals surface area contributed by atoms with Crippen LogP contribution in [-0.2, 0) is 30.7 Å². The summed E-state index contributed by atoms with van der Waals surface area (Å²) < 4.78 is 2.01. The van der Waals surface area contributed by atoms with Crippen molar-refractivity contribution >= 4 is 23.1 Å². The third kappa shape index (κ3) is 5.47. The third-order valence-corrected chi connectivity index (χ3v) is 7.28. The van der Waals surface area contributed by atoms with Crippen molar-refractivity contribution in [1.82, 2.24) is 9.88 Å². The molecule has 1 aromatic carbocycles. The molecule has 35 heavy (non-hydrogen) atoms. The van der Waals surface area contributed by atoms with E-state index in [4.69, 9.17) is 21.7 Å². The van der Waals surface area contributed by atoms with Crippen molar-refractivity contribution in [3.8, 4) is 0 Å². The number of carboxylic acids is 1. The van der Waals surface area contributed by atoms with E-state index in [-0.39, 0.29) is 6.42 Å². The van der Waals surface area contributed by atoms with Gasteiger partial charge >= 0.3 is 5.97 Å². The largest absolute Gasteiger partial charge is 0.481 e. The van der Waals surface area contributed by atoms with Crippen LogP contribution in [0, 0.1) is 6.92 Å². The van der Waals surface area contributed by atoms with Crippen molar-refractivity contribution < 1.29 is 14.5 Å². The summed E-state index contributed by atoms with van der Waals surface area (Å²) in [5, 5.41) is 9.82. The summed E-state index contributed by atoms with van der Waals surface area (Å²) in [6.07, 6.45) is 10.1. The Morgan fingerprint density at radius 3 is 2.69 bits per heavy atom. The molecule has 180 valence electrons. The average Bonchev–Trinajstić information content (AvgIpc) is 3.00. The van der Waals surface area contributed by atoms with Crippen molar-refractivity contribution in [3.05, 3.63) is 99.1 Å². The van der Waals surface area contributed by atoms with Crippen LogP contribution in [0.15, 0.2) is 60.6 Å². The van der Waals surface area contributed by atoms with E-state index < -0.39 is 5.97 Å². The van der Waals surface area contributed by atoms with Gasteiger partial charge in [-0.15, -0.1) is 0 Å². The van der Waals surface area contributed by atoms with Crippen LogP contribution < -0.4 is 4.57 Å². The number of rotatable bonds is 5. The van der Waals surface area contributed by atoms with Crippen molar-refractivity contribution in [3.63, 3.8) is 0 Å². The molecule has 5 nitrogen and oxygen atoms in total. The average molecular weight is 489 g/mol. The van der Waals surface area contributed by atoms with Gasteiger partial charge in [0.15, 0.2) is 18.9 Å². The lowest BCUT2D eigenvalue weighted by Crippen LogP contribution is -2.37. The predicted octanol–water partition coefficient (Wildman–Crippen LogP) is 5.00. The van der Waals surface area contributed by atoms with E-state index in [0.717, 1.165) is 61.6 Å². The number of nitrogens with zero attached hydrogens (tertiary/aromatic N) is 3. The Morgan fingerprint density at radius 1 is 1.09 bits per heavy atom. The van der Waals surface area contributed by atoms with E-state index in [9.17, 15) is 4.79 Å². The smallest absolute Gasteiger partial charge is 0.309 e. The van der Waals surface area contributed by atoms with Gasteiger partial charge in [0.05, 0.1) is 5.69 Å². The summed E-state index contributed by atoms with van der Waals surface area (Å²) in [4.78, 5) is 18.3. The summed E-state index contributed by atoms with van der Waals surface area (Å²) >= 11 is 6.36. The number of piperidine rings is 1. The zero-order valence-electron chi connectivity index (χ0n) is 20.1. The second kappa shape index (κ2) is 10.3. The van der Waals surface area contributed by atoms with Crippen LogP contribution >= 0.6 is 11.6 Å². The highest BCUT2D eigenvalue weighted by Crippen LogP contribution is 2.38. The maximum absolute atomic E-state index is 11.0.